The lowest BCUT2D eigenvalue weighted by atomic mass is 9.94. The molecule has 6 saturated heterocycles. The maximum atomic E-state index is 12.7. The molecule has 35 heteroatoms. The van der Waals surface area contributed by atoms with Crippen molar-refractivity contribution >= 4 is 22.2 Å². The second-order valence-corrected chi connectivity index (χ2v) is 19.9. The Morgan fingerprint density at radius 3 is 1.31 bits per heavy atom. The molecule has 6 rings (SSSR count). The van der Waals surface area contributed by atoms with Gasteiger partial charge in [-0.05, 0) is 13.8 Å². The molecule has 0 aliphatic carbocycles. The lowest BCUT2D eigenvalue weighted by Crippen LogP contribution is -2.69. The Hall–Kier alpha value is -2.23. The number of carbonyl (C=O) groups is 2. The van der Waals surface area contributed by atoms with E-state index in [1.807, 2.05) is 0 Å². The van der Waals surface area contributed by atoms with Gasteiger partial charge >= 0.3 is 10.4 Å². The van der Waals surface area contributed by atoms with Gasteiger partial charge in [0.15, 0.2) is 37.7 Å². The van der Waals surface area contributed by atoms with Gasteiger partial charge in [0.05, 0.1) is 38.6 Å². The van der Waals surface area contributed by atoms with Crippen molar-refractivity contribution in [2.45, 2.75) is 212 Å². The lowest BCUT2D eigenvalue weighted by Gasteiger charge is -2.50. The van der Waals surface area contributed by atoms with E-state index < -0.39 is 233 Å². The average molecular weight is 1120 g/mol. The summed E-state index contributed by atoms with van der Waals surface area (Å²) in [4.78, 5) is 25.1. The molecule has 2 amide bonds. The minimum Gasteiger partial charge on any atom is -0.394 e. The van der Waals surface area contributed by atoms with Crippen LogP contribution in [0, 0.1) is 0 Å². The molecule has 0 radical (unpaired) electrons. The molecule has 0 spiro atoms. The first-order valence-electron chi connectivity index (χ1n) is 23.5. The highest BCUT2D eigenvalue weighted by Crippen LogP contribution is 2.36. The van der Waals surface area contributed by atoms with Crippen molar-refractivity contribution in [1.82, 2.24) is 10.6 Å². The Balaban J connectivity index is 1.26. The monoisotopic (exact) mass is 1120 g/mol. The number of hydrogen-bond donors (Lipinski definition) is 18. The van der Waals surface area contributed by atoms with Crippen LogP contribution in [0.15, 0.2) is 0 Å². The highest BCUT2D eigenvalue weighted by atomic mass is 32.3. The van der Waals surface area contributed by atoms with E-state index in [9.17, 15) is 99.2 Å². The molecule has 0 aromatic heterocycles. The summed E-state index contributed by atoms with van der Waals surface area (Å²) in [6.45, 7) is 0.384. The van der Waals surface area contributed by atoms with Gasteiger partial charge in [0.1, 0.15) is 134 Å². The van der Waals surface area contributed by atoms with Crippen LogP contribution in [0.1, 0.15) is 27.7 Å². The maximum Gasteiger partial charge on any atom is 0.397 e. The molecule has 6 heterocycles. The van der Waals surface area contributed by atoms with Crippen LogP contribution in [0.2, 0.25) is 0 Å². The summed E-state index contributed by atoms with van der Waals surface area (Å²) in [5, 5.41) is 166. The topological polar surface area (TPSA) is 527 Å². The number of ether oxygens (including phenoxy) is 11. The van der Waals surface area contributed by atoms with Gasteiger partial charge in [0, 0.05) is 13.8 Å². The molecule has 0 saturated carbocycles. The number of amides is 2. The minimum atomic E-state index is -5.34. The Bertz CT molecular complexity index is 1970. The summed E-state index contributed by atoms with van der Waals surface area (Å²) in [5.74, 6) is -1.73. The van der Waals surface area contributed by atoms with Crippen LogP contribution in [0.3, 0.4) is 0 Å². The van der Waals surface area contributed by atoms with E-state index in [0.717, 1.165) is 13.8 Å². The Labute approximate surface area is 425 Å². The van der Waals surface area contributed by atoms with E-state index in [0.29, 0.717) is 0 Å². The first-order chi connectivity index (χ1) is 35.1. The van der Waals surface area contributed by atoms with Crippen molar-refractivity contribution < 1.29 is 155 Å². The van der Waals surface area contributed by atoms with Gasteiger partial charge in [-0.3, -0.25) is 14.1 Å². The van der Waals surface area contributed by atoms with Gasteiger partial charge in [-0.15, -0.1) is 0 Å². The summed E-state index contributed by atoms with van der Waals surface area (Å²) in [5.41, 5.74) is 0. The second-order valence-electron chi connectivity index (χ2n) is 18.8. The fourth-order valence-corrected chi connectivity index (χ4v) is 9.52. The largest absolute Gasteiger partial charge is 0.397 e. The minimum absolute atomic E-state index is 0.834. The number of nitrogens with one attached hydrogen (secondary N) is 2. The summed E-state index contributed by atoms with van der Waals surface area (Å²) in [6.07, 6.45) is -52.7. The maximum absolute atomic E-state index is 12.7. The summed E-state index contributed by atoms with van der Waals surface area (Å²) in [6, 6.07) is -3.57. The number of carbonyl (C=O) groups excluding carboxylic acids is 2. The zero-order chi connectivity index (χ0) is 55.7. The fraction of sp³-hybridized carbons (Fsp3) is 0.950. The van der Waals surface area contributed by atoms with Crippen molar-refractivity contribution in [2.75, 3.05) is 26.4 Å². The average Bonchev–Trinajstić information content (AvgIpc) is 3.34. The van der Waals surface area contributed by atoms with Crippen LogP contribution in [-0.2, 0) is 76.3 Å². The standard InChI is InChI=1S/C40H68N2O32S/c1-9-19(47)25(53)29(57)37(65-9)73-33-27(55)21(49)13(5-43)68-39(33)71-31-16(8-64-75(60,61)62)70-36(17(24(31)52)41-11(3)45)63-7-15-23(51)32(18(35(59)67-15)42-12(4)46)72-40-34(28(56)22(50)14(6-44)69-40)74-38-30(58)26(54)20(48)10(2)66-38/h9-10,13-40,43-44,47-59H,5-8H2,1-4H3,(H,41,45)(H,42,46)(H,60,61,62)/t9-,10-,13+,14+,15+,16+,17+,18+,19+,20+,21-,22-,23-,24+,25+,26+,27-,28-,29-,30-,31+,32+,33+,34+,35?,36?,37?,38?,39?,40?/m0/s1. The predicted molar refractivity (Wildman–Crippen MR) is 230 cm³/mol. The van der Waals surface area contributed by atoms with Crippen LogP contribution in [0.25, 0.3) is 0 Å². The fourth-order valence-electron chi connectivity index (χ4n) is 9.21. The van der Waals surface area contributed by atoms with Crippen molar-refractivity contribution in [3.05, 3.63) is 0 Å². The van der Waals surface area contributed by atoms with Gasteiger partial charge in [-0.25, -0.2) is 4.18 Å². The summed E-state index contributed by atoms with van der Waals surface area (Å²) < 4.78 is 101. The van der Waals surface area contributed by atoms with Crippen molar-refractivity contribution in [2.24, 2.45) is 0 Å². The van der Waals surface area contributed by atoms with Crippen LogP contribution in [-0.4, -0.2) is 312 Å². The Morgan fingerprint density at radius 2 is 0.867 bits per heavy atom. The van der Waals surface area contributed by atoms with Crippen LogP contribution < -0.4 is 10.6 Å². The van der Waals surface area contributed by atoms with Crippen molar-refractivity contribution in [3.8, 4) is 0 Å². The van der Waals surface area contributed by atoms with E-state index >= 15 is 0 Å². The molecule has 6 aliphatic heterocycles. The second kappa shape index (κ2) is 25.9. The molecule has 6 fully saturated rings. The van der Waals surface area contributed by atoms with Gasteiger partial charge in [0.25, 0.3) is 0 Å². The molecule has 34 nitrogen and oxygen atoms in total. The molecule has 0 aromatic carbocycles. The summed E-state index contributed by atoms with van der Waals surface area (Å²) >= 11 is 0. The Kier molecular flexibility index (Phi) is 21.4. The third-order valence-corrected chi connectivity index (χ3v) is 13.8. The van der Waals surface area contributed by atoms with Gasteiger partial charge in [-0.2, -0.15) is 8.42 Å². The molecule has 18 N–H and O–H groups in total. The highest BCUT2D eigenvalue weighted by Gasteiger charge is 2.57. The zero-order valence-electron chi connectivity index (χ0n) is 40.2. The van der Waals surface area contributed by atoms with E-state index in [2.05, 4.69) is 14.8 Å². The highest BCUT2D eigenvalue weighted by molar-refractivity contribution is 7.80. The first-order valence-corrected chi connectivity index (χ1v) is 24.8. The van der Waals surface area contributed by atoms with Crippen LogP contribution >= 0.6 is 0 Å². The molecule has 30 atom stereocenters. The van der Waals surface area contributed by atoms with Crippen LogP contribution in [0.5, 0.6) is 0 Å². The molecule has 75 heavy (non-hydrogen) atoms. The molecule has 0 aromatic rings. The first kappa shape index (κ1) is 62.0. The third kappa shape index (κ3) is 14.2. The molecule has 6 unspecified atom stereocenters. The number of aliphatic hydroxyl groups excluding tert-OH is 15. The molecule has 0 bridgehead atoms. The molecular formula is C40H68N2O32S. The molecular weight excluding hydrogens is 1050 g/mol. The smallest absolute Gasteiger partial charge is 0.394 e. The van der Waals surface area contributed by atoms with Crippen molar-refractivity contribution in [1.29, 1.82) is 0 Å². The Morgan fingerprint density at radius 1 is 0.440 bits per heavy atom. The van der Waals surface area contributed by atoms with Gasteiger partial charge in [-0.1, -0.05) is 0 Å². The quantitative estimate of drug-likeness (QED) is 0.0567. The third-order valence-electron chi connectivity index (χ3n) is 13.3. The van der Waals surface area contributed by atoms with E-state index in [1.54, 1.807) is 0 Å². The number of aliphatic hydroxyl groups is 15. The SMILES string of the molecule is CC(=O)N[C@H]1C(OC[C@H]2OC(O)[C@H](NC(C)=O)[C@@H](OC3O[C@H](CO)[C@H](O)[C@H](O)[C@H]3OC3O[C@@H](C)[C@@H](O)[C@@H](O)[C@@H]3O)[C@H]2O)O[C@H](COS(=O)(=O)O)[C@@H](OC2O[C@H](CO)[C@H](O)[C@H](O)[C@H]2OC2O[C@@H](C)[C@@H](O)[C@@H](O)[C@@H]2O)[C@@H]1O. The van der Waals surface area contributed by atoms with E-state index in [1.165, 1.54) is 13.8 Å². The van der Waals surface area contributed by atoms with E-state index in [4.69, 9.17) is 52.1 Å². The van der Waals surface area contributed by atoms with Gasteiger partial charge < -0.3 is 139 Å². The number of hydrogen-bond acceptors (Lipinski definition) is 31. The van der Waals surface area contributed by atoms with Gasteiger partial charge in [0.2, 0.25) is 11.8 Å². The normalized spacial score (nSPS) is 49.0. The molecule has 6 aliphatic rings. The van der Waals surface area contributed by atoms with Crippen LogP contribution in [0.4, 0.5) is 0 Å². The number of rotatable bonds is 18. The van der Waals surface area contributed by atoms with E-state index in [-0.39, 0.29) is 0 Å². The molecule has 436 valence electrons. The predicted octanol–water partition coefficient (Wildman–Crippen LogP) is -11.9. The van der Waals surface area contributed by atoms with Crippen molar-refractivity contribution in [3.63, 3.8) is 0 Å². The zero-order valence-corrected chi connectivity index (χ0v) is 41.1. The summed E-state index contributed by atoms with van der Waals surface area (Å²) in [7, 11) is -5.34. The lowest BCUT2D eigenvalue weighted by molar-refractivity contribution is -0.385.